The Labute approximate surface area is 94.3 Å². The highest BCUT2D eigenvalue weighted by Gasteiger charge is 2.15. The highest BCUT2D eigenvalue weighted by molar-refractivity contribution is 5.96. The Morgan fingerprint density at radius 3 is 2.50 bits per heavy atom. The maximum Gasteiger partial charge on any atom is 0.340 e. The van der Waals surface area contributed by atoms with Crippen LogP contribution < -0.4 is 0 Å². The van der Waals surface area contributed by atoms with Gasteiger partial charge in [0.15, 0.2) is 0 Å². The number of ether oxygens (including phenoxy) is 1. The number of aromatic nitrogens is 1. The van der Waals surface area contributed by atoms with Crippen LogP contribution in [0.2, 0.25) is 0 Å². The molecule has 0 N–H and O–H groups in total. The van der Waals surface area contributed by atoms with Crippen LogP contribution in [0.1, 0.15) is 10.4 Å². The molecule has 0 aliphatic heterocycles. The first-order chi connectivity index (χ1) is 7.74. The average molecular weight is 215 g/mol. The van der Waals surface area contributed by atoms with Crippen LogP contribution in [0.4, 0.5) is 0 Å². The second-order valence-corrected chi connectivity index (χ2v) is 3.55. The van der Waals surface area contributed by atoms with Gasteiger partial charge in [-0.3, -0.25) is 0 Å². The topological polar surface area (TPSA) is 31.2 Å². The fourth-order valence-electron chi connectivity index (χ4n) is 1.76. The van der Waals surface area contributed by atoms with Crippen LogP contribution in [0.15, 0.2) is 42.6 Å². The van der Waals surface area contributed by atoms with Crippen LogP contribution in [-0.4, -0.2) is 17.6 Å². The summed E-state index contributed by atoms with van der Waals surface area (Å²) in [5.41, 5.74) is 2.49. The minimum Gasteiger partial charge on any atom is -0.465 e. The number of hydrogen-bond donors (Lipinski definition) is 0. The Morgan fingerprint density at radius 1 is 1.19 bits per heavy atom. The van der Waals surface area contributed by atoms with Crippen LogP contribution in [-0.2, 0) is 11.8 Å². The number of esters is 1. The summed E-state index contributed by atoms with van der Waals surface area (Å²) in [4.78, 5) is 11.6. The third-order valence-electron chi connectivity index (χ3n) is 2.53. The molecule has 3 nitrogen and oxygen atoms in total. The molecule has 0 radical (unpaired) electrons. The van der Waals surface area contributed by atoms with Gasteiger partial charge in [0.2, 0.25) is 0 Å². The number of carbonyl (C=O) groups excluding carboxylic acids is 1. The van der Waals surface area contributed by atoms with Gasteiger partial charge in [-0.25, -0.2) is 4.79 Å². The monoisotopic (exact) mass is 215 g/mol. The van der Waals surface area contributed by atoms with Crippen molar-refractivity contribution in [2.24, 2.45) is 7.05 Å². The maximum atomic E-state index is 11.6. The fourth-order valence-corrected chi connectivity index (χ4v) is 1.76. The summed E-state index contributed by atoms with van der Waals surface area (Å²) >= 11 is 0. The molecule has 0 spiro atoms. The minimum absolute atomic E-state index is 0.306. The first-order valence-electron chi connectivity index (χ1n) is 5.03. The average Bonchev–Trinajstić information content (AvgIpc) is 2.71. The molecule has 0 aliphatic carbocycles. The van der Waals surface area contributed by atoms with Crippen LogP contribution in [0.3, 0.4) is 0 Å². The summed E-state index contributed by atoms with van der Waals surface area (Å²) in [5, 5.41) is 0. The zero-order valence-corrected chi connectivity index (χ0v) is 9.31. The number of nitrogens with zero attached hydrogens (tertiary/aromatic N) is 1. The molecule has 1 heterocycles. The summed E-state index contributed by atoms with van der Waals surface area (Å²) in [7, 11) is 3.30. The van der Waals surface area contributed by atoms with Gasteiger partial charge in [-0.05, 0) is 11.6 Å². The lowest BCUT2D eigenvalue weighted by Gasteiger charge is -2.06. The zero-order chi connectivity index (χ0) is 11.5. The lowest BCUT2D eigenvalue weighted by atomic mass is 10.1. The van der Waals surface area contributed by atoms with Gasteiger partial charge in [-0.1, -0.05) is 30.3 Å². The molecule has 0 atom stereocenters. The molecule has 0 saturated carbocycles. The zero-order valence-electron chi connectivity index (χ0n) is 9.31. The molecule has 1 aromatic heterocycles. The summed E-state index contributed by atoms with van der Waals surface area (Å²) < 4.78 is 6.68. The summed E-state index contributed by atoms with van der Waals surface area (Å²) in [6.45, 7) is 0. The second-order valence-electron chi connectivity index (χ2n) is 3.55. The van der Waals surface area contributed by atoms with Crippen molar-refractivity contribution in [3.8, 4) is 11.3 Å². The number of hydrogen-bond acceptors (Lipinski definition) is 2. The SMILES string of the molecule is COC(=O)c1ccn(C)c1-c1ccccc1. The molecule has 3 heteroatoms. The van der Waals surface area contributed by atoms with E-state index in [1.807, 2.05) is 48.1 Å². The first-order valence-corrected chi connectivity index (χ1v) is 5.03. The highest BCUT2D eigenvalue weighted by Crippen LogP contribution is 2.24. The molecule has 0 bridgehead atoms. The standard InChI is InChI=1S/C13H13NO2/c1-14-9-8-11(13(15)16-2)12(14)10-6-4-3-5-7-10/h3-9H,1-2H3. The molecular formula is C13H13NO2. The van der Waals surface area contributed by atoms with Gasteiger partial charge in [0.1, 0.15) is 0 Å². The molecule has 82 valence electrons. The summed E-state index contributed by atoms with van der Waals surface area (Å²) in [5.74, 6) is -0.306. The summed E-state index contributed by atoms with van der Waals surface area (Å²) in [6, 6.07) is 11.6. The molecule has 0 saturated heterocycles. The number of methoxy groups -OCH3 is 1. The number of carbonyl (C=O) groups is 1. The van der Waals surface area contributed by atoms with E-state index in [4.69, 9.17) is 4.74 Å². The van der Waals surface area contributed by atoms with Gasteiger partial charge in [0, 0.05) is 13.2 Å². The highest BCUT2D eigenvalue weighted by atomic mass is 16.5. The van der Waals surface area contributed by atoms with E-state index in [0.717, 1.165) is 11.3 Å². The van der Waals surface area contributed by atoms with E-state index in [9.17, 15) is 4.79 Å². The molecule has 0 fully saturated rings. The lowest BCUT2D eigenvalue weighted by Crippen LogP contribution is -2.03. The predicted molar refractivity (Wildman–Crippen MR) is 62.2 cm³/mol. The molecule has 16 heavy (non-hydrogen) atoms. The Morgan fingerprint density at radius 2 is 1.88 bits per heavy atom. The Hall–Kier alpha value is -2.03. The number of benzene rings is 1. The van der Waals surface area contributed by atoms with E-state index in [-0.39, 0.29) is 5.97 Å². The Bertz CT molecular complexity index is 500. The van der Waals surface area contributed by atoms with Gasteiger partial charge in [-0.15, -0.1) is 0 Å². The van der Waals surface area contributed by atoms with Crippen LogP contribution >= 0.6 is 0 Å². The van der Waals surface area contributed by atoms with Gasteiger partial charge in [0.25, 0.3) is 0 Å². The van der Waals surface area contributed by atoms with E-state index in [1.165, 1.54) is 7.11 Å². The smallest absolute Gasteiger partial charge is 0.340 e. The number of aryl methyl sites for hydroxylation is 1. The Balaban J connectivity index is 2.56. The van der Waals surface area contributed by atoms with Gasteiger partial charge in [0.05, 0.1) is 18.4 Å². The van der Waals surface area contributed by atoms with Gasteiger partial charge < -0.3 is 9.30 Å². The summed E-state index contributed by atoms with van der Waals surface area (Å²) in [6.07, 6.45) is 1.86. The van der Waals surface area contributed by atoms with Crippen molar-refractivity contribution in [1.82, 2.24) is 4.57 Å². The lowest BCUT2D eigenvalue weighted by molar-refractivity contribution is 0.0601. The Kier molecular flexibility index (Phi) is 2.77. The quantitative estimate of drug-likeness (QED) is 0.721. The van der Waals surface area contributed by atoms with Crippen molar-refractivity contribution in [3.05, 3.63) is 48.2 Å². The molecule has 2 aromatic rings. The van der Waals surface area contributed by atoms with Crippen molar-refractivity contribution in [1.29, 1.82) is 0 Å². The second kappa shape index (κ2) is 4.23. The van der Waals surface area contributed by atoms with Gasteiger partial charge in [-0.2, -0.15) is 0 Å². The van der Waals surface area contributed by atoms with Gasteiger partial charge >= 0.3 is 5.97 Å². The largest absolute Gasteiger partial charge is 0.465 e. The van der Waals surface area contributed by atoms with E-state index in [2.05, 4.69) is 0 Å². The molecular weight excluding hydrogens is 202 g/mol. The van der Waals surface area contributed by atoms with Crippen molar-refractivity contribution in [3.63, 3.8) is 0 Å². The van der Waals surface area contributed by atoms with Crippen molar-refractivity contribution < 1.29 is 9.53 Å². The van der Waals surface area contributed by atoms with E-state index in [0.29, 0.717) is 5.56 Å². The van der Waals surface area contributed by atoms with E-state index >= 15 is 0 Å². The molecule has 0 aliphatic rings. The molecule has 2 rings (SSSR count). The molecule has 0 unspecified atom stereocenters. The minimum atomic E-state index is -0.306. The van der Waals surface area contributed by atoms with Crippen LogP contribution in [0, 0.1) is 0 Å². The number of rotatable bonds is 2. The van der Waals surface area contributed by atoms with E-state index < -0.39 is 0 Å². The van der Waals surface area contributed by atoms with Crippen LogP contribution in [0.5, 0.6) is 0 Å². The first kappa shape index (κ1) is 10.5. The third kappa shape index (κ3) is 1.72. The van der Waals surface area contributed by atoms with Crippen molar-refractivity contribution in [2.45, 2.75) is 0 Å². The van der Waals surface area contributed by atoms with Crippen LogP contribution in [0.25, 0.3) is 11.3 Å². The maximum absolute atomic E-state index is 11.6. The third-order valence-corrected chi connectivity index (χ3v) is 2.53. The van der Waals surface area contributed by atoms with Crippen molar-refractivity contribution in [2.75, 3.05) is 7.11 Å². The molecule has 1 aromatic carbocycles. The van der Waals surface area contributed by atoms with Crippen molar-refractivity contribution >= 4 is 5.97 Å². The normalized spacial score (nSPS) is 10.1. The fraction of sp³-hybridized carbons (Fsp3) is 0.154. The predicted octanol–water partition coefficient (Wildman–Crippen LogP) is 2.48. The molecule has 0 amide bonds. The van der Waals surface area contributed by atoms with E-state index in [1.54, 1.807) is 6.07 Å².